The number of allylic oxidation sites excluding steroid dienone is 2. The molecule has 1 aliphatic rings. The van der Waals surface area contributed by atoms with Gasteiger partial charge in [-0.1, -0.05) is 12.1 Å². The number of nitrogens with two attached hydrogens (primary N) is 1. The number of rotatable bonds is 3. The Labute approximate surface area is 105 Å². The molecule has 5 heteroatoms. The molecule has 1 fully saturated rings. The van der Waals surface area contributed by atoms with Gasteiger partial charge in [0.05, 0.1) is 13.2 Å². The molecular formula is C13H12N4O. The second-order valence-electron chi connectivity index (χ2n) is 3.93. The highest BCUT2D eigenvalue weighted by molar-refractivity contribution is 5.40. The maximum Gasteiger partial charge on any atom is 0.151 e. The molecule has 0 spiro atoms. The third-order valence-corrected chi connectivity index (χ3v) is 2.88. The number of ether oxygens (including phenoxy) is 1. The van der Waals surface area contributed by atoms with Crippen molar-refractivity contribution >= 4 is 0 Å². The number of nitriles is 2. The van der Waals surface area contributed by atoms with E-state index in [2.05, 4.69) is 0 Å². The van der Waals surface area contributed by atoms with E-state index in [0.717, 1.165) is 11.3 Å². The lowest BCUT2D eigenvalue weighted by Crippen LogP contribution is -2.06. The average Bonchev–Trinajstić information content (AvgIpc) is 3.19. The van der Waals surface area contributed by atoms with Gasteiger partial charge in [-0.25, -0.2) is 0 Å². The molecule has 1 aromatic carbocycles. The molecule has 1 saturated heterocycles. The van der Waals surface area contributed by atoms with E-state index in [1.165, 1.54) is 0 Å². The monoisotopic (exact) mass is 240 g/mol. The summed E-state index contributed by atoms with van der Waals surface area (Å²) in [5.41, 5.74) is 6.78. The molecule has 0 bridgehead atoms. The summed E-state index contributed by atoms with van der Waals surface area (Å²) in [6.45, 7) is 0.706. The molecular weight excluding hydrogens is 228 g/mol. The summed E-state index contributed by atoms with van der Waals surface area (Å²) < 4.78 is 5.08. The van der Waals surface area contributed by atoms with Crippen LogP contribution in [0.1, 0.15) is 11.6 Å². The molecule has 90 valence electrons. The van der Waals surface area contributed by atoms with Crippen molar-refractivity contribution in [2.75, 3.05) is 13.7 Å². The predicted octanol–water partition coefficient (Wildman–Crippen LogP) is 1.27. The summed E-state index contributed by atoms with van der Waals surface area (Å²) in [4.78, 5) is 1.81. The molecule has 18 heavy (non-hydrogen) atoms. The van der Waals surface area contributed by atoms with Gasteiger partial charge in [0.2, 0.25) is 0 Å². The van der Waals surface area contributed by atoms with E-state index in [9.17, 15) is 0 Å². The van der Waals surface area contributed by atoms with E-state index in [0.29, 0.717) is 6.54 Å². The average molecular weight is 240 g/mol. The van der Waals surface area contributed by atoms with Crippen LogP contribution in [-0.2, 0) is 0 Å². The molecule has 0 amide bonds. The summed E-state index contributed by atoms with van der Waals surface area (Å²) in [7, 11) is 1.61. The van der Waals surface area contributed by atoms with Crippen LogP contribution in [0, 0.1) is 22.7 Å². The molecule has 1 atom stereocenters. The first kappa shape index (κ1) is 11.8. The smallest absolute Gasteiger partial charge is 0.151 e. The van der Waals surface area contributed by atoms with Crippen LogP contribution >= 0.6 is 0 Å². The zero-order valence-corrected chi connectivity index (χ0v) is 9.92. The van der Waals surface area contributed by atoms with Crippen molar-refractivity contribution in [1.82, 2.24) is 4.90 Å². The minimum absolute atomic E-state index is 0.0338. The van der Waals surface area contributed by atoms with Crippen molar-refractivity contribution < 1.29 is 4.74 Å². The van der Waals surface area contributed by atoms with Gasteiger partial charge in [0.15, 0.2) is 5.70 Å². The van der Waals surface area contributed by atoms with Crippen molar-refractivity contribution in [3.63, 3.8) is 0 Å². The van der Waals surface area contributed by atoms with Gasteiger partial charge in [-0.2, -0.15) is 10.5 Å². The van der Waals surface area contributed by atoms with Gasteiger partial charge in [0.1, 0.15) is 23.6 Å². The molecule has 2 N–H and O–H groups in total. The Bertz CT molecular complexity index is 562. The van der Waals surface area contributed by atoms with Crippen molar-refractivity contribution in [2.24, 2.45) is 5.73 Å². The number of hydrogen-bond donors (Lipinski definition) is 1. The van der Waals surface area contributed by atoms with Crippen LogP contribution in [0.2, 0.25) is 0 Å². The van der Waals surface area contributed by atoms with Gasteiger partial charge < -0.3 is 15.4 Å². The van der Waals surface area contributed by atoms with E-state index in [-0.39, 0.29) is 17.4 Å². The predicted molar refractivity (Wildman–Crippen MR) is 64.9 cm³/mol. The Morgan fingerprint density at radius 1 is 1.33 bits per heavy atom. The number of nitrogens with zero attached hydrogens (tertiary/aromatic N) is 3. The molecule has 0 aliphatic carbocycles. The van der Waals surface area contributed by atoms with Crippen LogP contribution < -0.4 is 10.5 Å². The zero-order valence-electron chi connectivity index (χ0n) is 9.92. The van der Waals surface area contributed by atoms with Crippen molar-refractivity contribution in [1.29, 1.82) is 10.5 Å². The molecule has 0 radical (unpaired) electrons. The zero-order chi connectivity index (χ0) is 13.1. The minimum Gasteiger partial charge on any atom is -0.497 e. The summed E-state index contributed by atoms with van der Waals surface area (Å²) in [5.74, 6) is 0.790. The Kier molecular flexibility index (Phi) is 3.07. The Hall–Kier alpha value is -2.66. The first-order chi connectivity index (χ1) is 8.71. The Morgan fingerprint density at radius 3 is 2.50 bits per heavy atom. The van der Waals surface area contributed by atoms with Crippen molar-refractivity contribution in [3.05, 3.63) is 41.2 Å². The number of benzene rings is 1. The summed E-state index contributed by atoms with van der Waals surface area (Å²) in [6.07, 6.45) is 0. The quantitative estimate of drug-likeness (QED) is 0.635. The highest BCUT2D eigenvalue weighted by Gasteiger charge is 2.38. The first-order valence-electron chi connectivity index (χ1n) is 5.41. The van der Waals surface area contributed by atoms with Crippen LogP contribution in [0.5, 0.6) is 5.75 Å². The highest BCUT2D eigenvalue weighted by Crippen LogP contribution is 2.39. The number of hydrogen-bond acceptors (Lipinski definition) is 5. The van der Waals surface area contributed by atoms with Gasteiger partial charge in [0.25, 0.3) is 0 Å². The van der Waals surface area contributed by atoms with Gasteiger partial charge in [0, 0.05) is 6.54 Å². The third kappa shape index (κ3) is 2.07. The van der Waals surface area contributed by atoms with Crippen molar-refractivity contribution in [2.45, 2.75) is 6.04 Å². The molecule has 0 aromatic heterocycles. The topological polar surface area (TPSA) is 85.8 Å². The highest BCUT2D eigenvalue weighted by atomic mass is 16.5. The van der Waals surface area contributed by atoms with Gasteiger partial charge in [-0.15, -0.1) is 0 Å². The number of methoxy groups -OCH3 is 1. The lowest BCUT2D eigenvalue weighted by atomic mass is 10.1. The molecule has 5 nitrogen and oxygen atoms in total. The fraction of sp³-hybridized carbons (Fsp3) is 0.231. The van der Waals surface area contributed by atoms with Gasteiger partial charge in [-0.05, 0) is 17.7 Å². The van der Waals surface area contributed by atoms with Crippen LogP contribution in [0.3, 0.4) is 0 Å². The SMILES string of the molecule is COc1ccc(C2CN2/C(C#N)=C(/N)C#N)cc1. The second kappa shape index (κ2) is 4.68. The van der Waals surface area contributed by atoms with Crippen LogP contribution in [-0.4, -0.2) is 18.6 Å². The minimum atomic E-state index is -0.0338. The molecule has 1 aromatic rings. The molecule has 1 unspecified atom stereocenters. The first-order valence-corrected chi connectivity index (χ1v) is 5.41. The summed E-state index contributed by atoms with van der Waals surface area (Å²) in [5, 5.41) is 17.7. The maximum absolute atomic E-state index is 8.98. The second-order valence-corrected chi connectivity index (χ2v) is 3.93. The van der Waals surface area contributed by atoms with Crippen LogP contribution in [0.25, 0.3) is 0 Å². The molecule has 1 heterocycles. The summed E-state index contributed by atoms with van der Waals surface area (Å²) in [6, 6.07) is 11.5. The van der Waals surface area contributed by atoms with Crippen LogP contribution in [0.4, 0.5) is 0 Å². The molecule has 1 aliphatic heterocycles. The van der Waals surface area contributed by atoms with Crippen LogP contribution in [0.15, 0.2) is 35.7 Å². The van der Waals surface area contributed by atoms with Gasteiger partial charge in [-0.3, -0.25) is 0 Å². The maximum atomic E-state index is 8.98. The van der Waals surface area contributed by atoms with Crippen molar-refractivity contribution in [3.8, 4) is 17.9 Å². The van der Waals surface area contributed by atoms with E-state index in [4.69, 9.17) is 21.0 Å². The van der Waals surface area contributed by atoms with Gasteiger partial charge >= 0.3 is 0 Å². The van der Waals surface area contributed by atoms with E-state index >= 15 is 0 Å². The largest absolute Gasteiger partial charge is 0.497 e. The third-order valence-electron chi connectivity index (χ3n) is 2.88. The van der Waals surface area contributed by atoms with E-state index in [1.54, 1.807) is 18.1 Å². The fourth-order valence-electron chi connectivity index (χ4n) is 1.83. The Morgan fingerprint density at radius 2 is 2.00 bits per heavy atom. The lowest BCUT2D eigenvalue weighted by Gasteiger charge is -2.05. The Balaban J connectivity index is 2.16. The fourth-order valence-corrected chi connectivity index (χ4v) is 1.83. The molecule has 2 rings (SSSR count). The molecule has 0 saturated carbocycles. The van der Waals surface area contributed by atoms with E-state index < -0.39 is 0 Å². The summed E-state index contributed by atoms with van der Waals surface area (Å²) >= 11 is 0. The van der Waals surface area contributed by atoms with E-state index in [1.807, 2.05) is 30.3 Å². The normalized spacial score (nSPS) is 18.4. The standard InChI is InChI=1S/C13H12N4O/c1-18-10-4-2-9(3-5-10)13-8-17(13)12(7-15)11(16)6-14/h2-5,13H,8,16H2,1H3/b12-11+. The lowest BCUT2D eigenvalue weighted by molar-refractivity contribution is 0.414.